The van der Waals surface area contributed by atoms with E-state index in [2.05, 4.69) is 10.1 Å². The van der Waals surface area contributed by atoms with Gasteiger partial charge in [0, 0.05) is 0 Å². The fourth-order valence-corrected chi connectivity index (χ4v) is 3.63. The Hall–Kier alpha value is -3.81. The van der Waals surface area contributed by atoms with Crippen LogP contribution in [0.25, 0.3) is 0 Å². The quantitative estimate of drug-likeness (QED) is 0.608. The number of hydrogen-bond acceptors (Lipinski definition) is 3. The van der Waals surface area contributed by atoms with Gasteiger partial charge in [-0.05, 0) is 28.8 Å². The van der Waals surface area contributed by atoms with E-state index in [-0.39, 0.29) is 12.3 Å². The lowest BCUT2D eigenvalue weighted by atomic mass is 9.82. The van der Waals surface area contributed by atoms with Crippen LogP contribution in [0, 0.1) is 0 Å². The molecular weight excluding hydrogens is 409 g/mol. The fourth-order valence-electron chi connectivity index (χ4n) is 3.63. The molecule has 8 heteroatoms. The highest BCUT2D eigenvalue weighted by Crippen LogP contribution is 2.36. The van der Waals surface area contributed by atoms with Gasteiger partial charge in [-0.15, -0.1) is 13.2 Å². The van der Waals surface area contributed by atoms with Crippen molar-refractivity contribution in [3.8, 4) is 5.75 Å². The molecule has 5 nitrogen and oxygen atoms in total. The lowest BCUT2D eigenvalue weighted by Crippen LogP contribution is -2.45. The van der Waals surface area contributed by atoms with E-state index in [1.807, 2.05) is 12.1 Å². The topological polar surface area (TPSA) is 58.6 Å². The van der Waals surface area contributed by atoms with Crippen molar-refractivity contribution in [1.82, 2.24) is 10.2 Å². The van der Waals surface area contributed by atoms with Gasteiger partial charge in [0.1, 0.15) is 5.75 Å². The molecule has 31 heavy (non-hydrogen) atoms. The maximum atomic E-state index is 13.6. The predicted molar refractivity (Wildman–Crippen MR) is 106 cm³/mol. The standard InChI is InChI=1S/C23H17F3N2O3/c24-23(25,26)31-19-13-11-16(12-14-19)15-28-20(29)22(27-21(28)30,17-7-3-1-4-8-17)18-9-5-2-6-10-18/h1-14H,15H2,(H,27,30). The molecule has 0 bridgehead atoms. The Balaban J connectivity index is 1.65. The molecule has 3 aromatic carbocycles. The molecule has 3 aromatic rings. The molecule has 0 saturated carbocycles. The number of carbonyl (C=O) groups excluding carboxylic acids is 2. The Morgan fingerprint density at radius 2 is 1.32 bits per heavy atom. The second-order valence-corrected chi connectivity index (χ2v) is 7.00. The first kappa shape index (κ1) is 20.5. The number of alkyl halides is 3. The molecule has 0 aromatic heterocycles. The zero-order valence-electron chi connectivity index (χ0n) is 16.1. The zero-order chi connectivity index (χ0) is 22.1. The molecule has 158 valence electrons. The summed E-state index contributed by atoms with van der Waals surface area (Å²) in [5.74, 6) is -0.845. The van der Waals surface area contributed by atoms with Crippen molar-refractivity contribution in [1.29, 1.82) is 0 Å². The van der Waals surface area contributed by atoms with Crippen LogP contribution in [0.15, 0.2) is 84.9 Å². The molecule has 4 rings (SSSR count). The van der Waals surface area contributed by atoms with E-state index in [0.29, 0.717) is 16.7 Å². The van der Waals surface area contributed by atoms with Crippen molar-refractivity contribution in [2.45, 2.75) is 18.4 Å². The molecule has 0 unspecified atom stereocenters. The van der Waals surface area contributed by atoms with Gasteiger partial charge in [0.05, 0.1) is 6.54 Å². The molecule has 0 atom stereocenters. The minimum absolute atomic E-state index is 0.0988. The van der Waals surface area contributed by atoms with E-state index in [1.54, 1.807) is 48.5 Å². The highest BCUT2D eigenvalue weighted by Gasteiger charge is 2.53. The third kappa shape index (κ3) is 3.96. The SMILES string of the molecule is O=C1NC(c2ccccc2)(c2ccccc2)C(=O)N1Cc1ccc(OC(F)(F)F)cc1. The first-order valence-electron chi connectivity index (χ1n) is 9.39. The Morgan fingerprint density at radius 1 is 0.806 bits per heavy atom. The molecule has 0 aliphatic carbocycles. The van der Waals surface area contributed by atoms with Gasteiger partial charge < -0.3 is 10.1 Å². The molecule has 1 heterocycles. The van der Waals surface area contributed by atoms with Crippen LogP contribution in [0.2, 0.25) is 0 Å². The van der Waals surface area contributed by atoms with Crippen molar-refractivity contribution in [2.24, 2.45) is 0 Å². The number of carbonyl (C=O) groups is 2. The van der Waals surface area contributed by atoms with Crippen LogP contribution in [0.3, 0.4) is 0 Å². The van der Waals surface area contributed by atoms with Crippen molar-refractivity contribution in [3.05, 3.63) is 102 Å². The Morgan fingerprint density at radius 3 is 1.81 bits per heavy atom. The second kappa shape index (κ2) is 7.79. The van der Waals surface area contributed by atoms with E-state index in [0.717, 1.165) is 17.0 Å². The summed E-state index contributed by atoms with van der Waals surface area (Å²) in [6, 6.07) is 22.2. The molecule has 1 fully saturated rings. The molecule has 1 saturated heterocycles. The number of urea groups is 1. The van der Waals surface area contributed by atoms with Crippen LogP contribution in [0.5, 0.6) is 5.75 Å². The van der Waals surface area contributed by atoms with Gasteiger partial charge in [0.15, 0.2) is 5.54 Å². The Kier molecular flexibility index (Phi) is 5.14. The lowest BCUT2D eigenvalue weighted by molar-refractivity contribution is -0.274. The largest absolute Gasteiger partial charge is 0.573 e. The van der Waals surface area contributed by atoms with Gasteiger partial charge in [-0.25, -0.2) is 4.79 Å². The maximum absolute atomic E-state index is 13.6. The number of imide groups is 1. The van der Waals surface area contributed by atoms with Crippen LogP contribution in [0.4, 0.5) is 18.0 Å². The average molecular weight is 426 g/mol. The summed E-state index contributed by atoms with van der Waals surface area (Å²) >= 11 is 0. The van der Waals surface area contributed by atoms with Gasteiger partial charge in [0.2, 0.25) is 0 Å². The predicted octanol–water partition coefficient (Wildman–Crippen LogP) is 4.58. The van der Waals surface area contributed by atoms with Crippen LogP contribution in [-0.2, 0) is 16.9 Å². The summed E-state index contributed by atoms with van der Waals surface area (Å²) < 4.78 is 40.9. The zero-order valence-corrected chi connectivity index (χ0v) is 16.1. The number of halogens is 3. The number of amides is 3. The van der Waals surface area contributed by atoms with Crippen LogP contribution in [-0.4, -0.2) is 23.2 Å². The first-order valence-corrected chi connectivity index (χ1v) is 9.39. The van der Waals surface area contributed by atoms with E-state index in [1.165, 1.54) is 12.1 Å². The molecule has 1 aliphatic heterocycles. The molecule has 0 radical (unpaired) electrons. The second-order valence-electron chi connectivity index (χ2n) is 7.00. The number of hydrogen-bond donors (Lipinski definition) is 1. The van der Waals surface area contributed by atoms with Crippen molar-refractivity contribution < 1.29 is 27.5 Å². The van der Waals surface area contributed by atoms with Crippen molar-refractivity contribution >= 4 is 11.9 Å². The maximum Gasteiger partial charge on any atom is 0.573 e. The smallest absolute Gasteiger partial charge is 0.406 e. The van der Waals surface area contributed by atoms with Gasteiger partial charge in [-0.3, -0.25) is 9.69 Å². The number of nitrogens with one attached hydrogen (secondary N) is 1. The molecule has 0 spiro atoms. The minimum Gasteiger partial charge on any atom is -0.406 e. The fraction of sp³-hybridized carbons (Fsp3) is 0.130. The number of nitrogens with zero attached hydrogens (tertiary/aromatic N) is 1. The van der Waals surface area contributed by atoms with E-state index < -0.39 is 23.8 Å². The molecule has 1 aliphatic rings. The summed E-state index contributed by atoms with van der Waals surface area (Å²) in [7, 11) is 0. The Labute approximate surface area is 176 Å². The normalized spacial score (nSPS) is 15.6. The summed E-state index contributed by atoms with van der Waals surface area (Å²) in [4.78, 5) is 27.4. The van der Waals surface area contributed by atoms with E-state index in [4.69, 9.17) is 0 Å². The highest BCUT2D eigenvalue weighted by molar-refractivity contribution is 6.09. The number of benzene rings is 3. The number of ether oxygens (including phenoxy) is 1. The summed E-state index contributed by atoms with van der Waals surface area (Å²) in [6.07, 6.45) is -4.79. The summed E-state index contributed by atoms with van der Waals surface area (Å²) in [6.45, 7) is -0.0988. The minimum atomic E-state index is -4.79. The van der Waals surface area contributed by atoms with Gasteiger partial charge in [0.25, 0.3) is 5.91 Å². The van der Waals surface area contributed by atoms with Crippen LogP contribution >= 0.6 is 0 Å². The van der Waals surface area contributed by atoms with Crippen LogP contribution in [0.1, 0.15) is 16.7 Å². The third-order valence-corrected chi connectivity index (χ3v) is 5.02. The molecule has 3 amide bonds. The molecule has 1 N–H and O–H groups in total. The van der Waals surface area contributed by atoms with Gasteiger partial charge >= 0.3 is 12.4 Å². The average Bonchev–Trinajstić information content (AvgIpc) is 3.01. The number of rotatable bonds is 5. The summed E-state index contributed by atoms with van der Waals surface area (Å²) in [5, 5.41) is 2.83. The Bertz CT molecular complexity index is 1050. The first-order chi connectivity index (χ1) is 14.8. The molecular formula is C23H17F3N2O3. The lowest BCUT2D eigenvalue weighted by Gasteiger charge is -2.28. The van der Waals surface area contributed by atoms with Gasteiger partial charge in [-0.1, -0.05) is 72.8 Å². The van der Waals surface area contributed by atoms with Crippen LogP contribution < -0.4 is 10.1 Å². The third-order valence-electron chi connectivity index (χ3n) is 5.02. The monoisotopic (exact) mass is 426 g/mol. The summed E-state index contributed by atoms with van der Waals surface area (Å²) in [5.41, 5.74) is 0.306. The van der Waals surface area contributed by atoms with E-state index in [9.17, 15) is 22.8 Å². The van der Waals surface area contributed by atoms with E-state index >= 15 is 0 Å². The van der Waals surface area contributed by atoms with Crippen molar-refractivity contribution in [3.63, 3.8) is 0 Å². The van der Waals surface area contributed by atoms with Crippen molar-refractivity contribution in [2.75, 3.05) is 0 Å². The highest BCUT2D eigenvalue weighted by atomic mass is 19.4. The van der Waals surface area contributed by atoms with Gasteiger partial charge in [-0.2, -0.15) is 0 Å².